The number of thiazole rings is 1. The number of carbonyl (C=O) groups is 1. The molecule has 28 heavy (non-hydrogen) atoms. The predicted molar refractivity (Wildman–Crippen MR) is 109 cm³/mol. The van der Waals surface area contributed by atoms with Crippen LogP contribution in [0.5, 0.6) is 5.75 Å². The predicted octanol–water partition coefficient (Wildman–Crippen LogP) is 3.47. The lowest BCUT2D eigenvalue weighted by Crippen LogP contribution is -2.24. The SMILES string of the molecule is COc1ccc2[nH]c(C)c(-c3csc(NC(=O)C(C)Cn4cncn4)n3)c2c1. The van der Waals surface area contributed by atoms with Gasteiger partial charge in [0.25, 0.3) is 0 Å². The van der Waals surface area contributed by atoms with Crippen LogP contribution in [0.1, 0.15) is 12.6 Å². The number of hydrogen-bond acceptors (Lipinski definition) is 6. The second-order valence-electron chi connectivity index (χ2n) is 6.58. The first-order valence-corrected chi connectivity index (χ1v) is 9.68. The molecule has 0 bridgehead atoms. The molecule has 0 aliphatic heterocycles. The Balaban J connectivity index is 1.55. The number of H-pyrrole nitrogens is 1. The topological polar surface area (TPSA) is 97.7 Å². The summed E-state index contributed by atoms with van der Waals surface area (Å²) >= 11 is 1.41. The minimum atomic E-state index is -0.256. The number of rotatable bonds is 6. The summed E-state index contributed by atoms with van der Waals surface area (Å²) in [6.07, 6.45) is 3.05. The van der Waals surface area contributed by atoms with Crippen molar-refractivity contribution in [1.29, 1.82) is 0 Å². The van der Waals surface area contributed by atoms with Crippen LogP contribution in [0.25, 0.3) is 22.2 Å². The zero-order valence-corrected chi connectivity index (χ0v) is 16.6. The van der Waals surface area contributed by atoms with Crippen LogP contribution in [-0.2, 0) is 11.3 Å². The van der Waals surface area contributed by atoms with E-state index in [4.69, 9.17) is 4.74 Å². The van der Waals surface area contributed by atoms with E-state index < -0.39 is 0 Å². The second-order valence-corrected chi connectivity index (χ2v) is 7.44. The fourth-order valence-electron chi connectivity index (χ4n) is 3.13. The maximum Gasteiger partial charge on any atom is 0.230 e. The van der Waals surface area contributed by atoms with Crippen molar-refractivity contribution in [1.82, 2.24) is 24.7 Å². The van der Waals surface area contributed by atoms with E-state index in [9.17, 15) is 4.79 Å². The van der Waals surface area contributed by atoms with Crippen LogP contribution in [0.4, 0.5) is 5.13 Å². The third kappa shape index (κ3) is 3.48. The van der Waals surface area contributed by atoms with Gasteiger partial charge in [0.2, 0.25) is 5.91 Å². The number of hydrogen-bond donors (Lipinski definition) is 2. The van der Waals surface area contributed by atoms with E-state index in [1.807, 2.05) is 37.4 Å². The molecular weight excluding hydrogens is 376 g/mol. The Hall–Kier alpha value is -3.20. The molecular formula is C19H20N6O2S. The summed E-state index contributed by atoms with van der Waals surface area (Å²) in [5.41, 5.74) is 3.88. The van der Waals surface area contributed by atoms with Crippen LogP contribution in [0.2, 0.25) is 0 Å². The number of ether oxygens (including phenoxy) is 1. The van der Waals surface area contributed by atoms with E-state index in [-0.39, 0.29) is 11.8 Å². The highest BCUT2D eigenvalue weighted by Gasteiger charge is 2.18. The van der Waals surface area contributed by atoms with Gasteiger partial charge in [-0.2, -0.15) is 5.10 Å². The fraction of sp³-hybridized carbons (Fsp3) is 0.263. The molecule has 0 fully saturated rings. The van der Waals surface area contributed by atoms with Crippen molar-refractivity contribution in [2.45, 2.75) is 20.4 Å². The monoisotopic (exact) mass is 396 g/mol. The fourth-order valence-corrected chi connectivity index (χ4v) is 3.83. The van der Waals surface area contributed by atoms with E-state index in [2.05, 4.69) is 25.4 Å². The Morgan fingerprint density at radius 3 is 3.04 bits per heavy atom. The third-order valence-electron chi connectivity index (χ3n) is 4.56. The second kappa shape index (κ2) is 7.43. The Bertz CT molecular complexity index is 1120. The first-order valence-electron chi connectivity index (χ1n) is 8.80. The summed E-state index contributed by atoms with van der Waals surface area (Å²) in [6, 6.07) is 5.91. The van der Waals surface area contributed by atoms with Crippen molar-refractivity contribution >= 4 is 33.3 Å². The lowest BCUT2D eigenvalue weighted by Gasteiger charge is -2.10. The standard InChI is InChI=1S/C19H20N6O2S/c1-11(7-25-10-20-9-21-25)18(26)24-19-23-16(8-28-19)17-12(2)22-15-5-4-13(27-3)6-14(15)17/h4-6,8-11,22H,7H2,1-3H3,(H,23,24,26). The molecule has 8 nitrogen and oxygen atoms in total. The smallest absolute Gasteiger partial charge is 0.230 e. The molecule has 0 saturated heterocycles. The Kier molecular flexibility index (Phi) is 4.82. The van der Waals surface area contributed by atoms with Crippen molar-refractivity contribution in [3.63, 3.8) is 0 Å². The number of anilines is 1. The summed E-state index contributed by atoms with van der Waals surface area (Å²) < 4.78 is 6.99. The quantitative estimate of drug-likeness (QED) is 0.520. The highest BCUT2D eigenvalue weighted by Crippen LogP contribution is 2.35. The summed E-state index contributed by atoms with van der Waals surface area (Å²) in [5, 5.41) is 10.5. The molecule has 1 unspecified atom stereocenters. The van der Waals surface area contributed by atoms with Crippen molar-refractivity contribution in [2.24, 2.45) is 5.92 Å². The summed E-state index contributed by atoms with van der Waals surface area (Å²) in [4.78, 5) is 24.4. The van der Waals surface area contributed by atoms with E-state index >= 15 is 0 Å². The largest absolute Gasteiger partial charge is 0.497 e. The number of amides is 1. The van der Waals surface area contributed by atoms with Crippen molar-refractivity contribution < 1.29 is 9.53 Å². The van der Waals surface area contributed by atoms with Gasteiger partial charge in [-0.05, 0) is 25.1 Å². The van der Waals surface area contributed by atoms with Gasteiger partial charge in [-0.15, -0.1) is 11.3 Å². The normalized spacial score (nSPS) is 12.2. The molecule has 2 N–H and O–H groups in total. The Labute approximate surface area is 165 Å². The minimum absolute atomic E-state index is 0.103. The van der Waals surface area contributed by atoms with Crippen LogP contribution in [-0.4, -0.2) is 37.7 Å². The average molecular weight is 396 g/mol. The first-order chi connectivity index (χ1) is 13.5. The van der Waals surface area contributed by atoms with Crippen LogP contribution in [0, 0.1) is 12.8 Å². The average Bonchev–Trinajstić information content (AvgIpc) is 3.41. The maximum absolute atomic E-state index is 12.5. The highest BCUT2D eigenvalue weighted by molar-refractivity contribution is 7.14. The number of nitrogens with one attached hydrogen (secondary N) is 2. The van der Waals surface area contributed by atoms with Gasteiger partial charge in [-0.25, -0.2) is 9.97 Å². The van der Waals surface area contributed by atoms with Gasteiger partial charge < -0.3 is 15.0 Å². The molecule has 0 radical (unpaired) electrons. The van der Waals surface area contributed by atoms with Gasteiger partial charge in [-0.3, -0.25) is 9.48 Å². The summed E-state index contributed by atoms with van der Waals surface area (Å²) in [5.74, 6) is 0.431. The minimum Gasteiger partial charge on any atom is -0.497 e. The van der Waals surface area contributed by atoms with Crippen molar-refractivity contribution in [3.05, 3.63) is 41.9 Å². The molecule has 144 valence electrons. The van der Waals surface area contributed by atoms with Gasteiger partial charge in [0.1, 0.15) is 18.4 Å². The molecule has 0 saturated carbocycles. The zero-order valence-electron chi connectivity index (χ0n) is 15.8. The zero-order chi connectivity index (χ0) is 19.7. The van der Waals surface area contributed by atoms with Crippen LogP contribution >= 0.6 is 11.3 Å². The van der Waals surface area contributed by atoms with E-state index in [1.54, 1.807) is 18.1 Å². The van der Waals surface area contributed by atoms with Crippen LogP contribution < -0.4 is 10.1 Å². The molecule has 1 amide bonds. The number of nitrogens with zero attached hydrogens (tertiary/aromatic N) is 4. The van der Waals surface area contributed by atoms with Gasteiger partial charge >= 0.3 is 0 Å². The number of aryl methyl sites for hydroxylation is 1. The molecule has 0 aliphatic carbocycles. The lowest BCUT2D eigenvalue weighted by molar-refractivity contribution is -0.119. The molecule has 9 heteroatoms. The molecule has 1 atom stereocenters. The molecule has 4 aromatic rings. The summed E-state index contributed by atoms with van der Waals surface area (Å²) in [6.45, 7) is 4.33. The molecule has 1 aromatic carbocycles. The van der Waals surface area contributed by atoms with Crippen LogP contribution in [0.3, 0.4) is 0 Å². The number of aromatic amines is 1. The maximum atomic E-state index is 12.5. The van der Waals surface area contributed by atoms with Gasteiger partial charge in [0.15, 0.2) is 5.13 Å². The van der Waals surface area contributed by atoms with Crippen LogP contribution in [0.15, 0.2) is 36.2 Å². The van der Waals surface area contributed by atoms with Crippen molar-refractivity contribution in [3.8, 4) is 17.0 Å². The van der Waals surface area contributed by atoms with E-state index in [0.29, 0.717) is 11.7 Å². The highest BCUT2D eigenvalue weighted by atomic mass is 32.1. The van der Waals surface area contributed by atoms with Gasteiger partial charge in [-0.1, -0.05) is 6.92 Å². The molecule has 3 heterocycles. The number of carbonyl (C=O) groups excluding carboxylic acids is 1. The molecule has 0 spiro atoms. The number of benzene rings is 1. The van der Waals surface area contributed by atoms with Crippen molar-refractivity contribution in [2.75, 3.05) is 12.4 Å². The van der Waals surface area contributed by atoms with E-state index in [0.717, 1.165) is 33.6 Å². The molecule has 4 rings (SSSR count). The number of fused-ring (bicyclic) bond motifs is 1. The van der Waals surface area contributed by atoms with E-state index in [1.165, 1.54) is 17.7 Å². The lowest BCUT2D eigenvalue weighted by atomic mass is 10.1. The van der Waals surface area contributed by atoms with Gasteiger partial charge in [0.05, 0.1) is 25.3 Å². The molecule has 3 aromatic heterocycles. The summed E-state index contributed by atoms with van der Waals surface area (Å²) in [7, 11) is 1.65. The Morgan fingerprint density at radius 2 is 2.29 bits per heavy atom. The first kappa shape index (κ1) is 18.2. The van der Waals surface area contributed by atoms with Gasteiger partial charge in [0, 0.05) is 27.5 Å². The third-order valence-corrected chi connectivity index (χ3v) is 5.32. The number of aromatic nitrogens is 5. The Morgan fingerprint density at radius 1 is 1.43 bits per heavy atom. The molecule has 0 aliphatic rings. The number of methoxy groups -OCH3 is 1.